The highest BCUT2D eigenvalue weighted by atomic mass is 16.5. The van der Waals surface area contributed by atoms with Gasteiger partial charge in [-0.25, -0.2) is 9.97 Å². The van der Waals surface area contributed by atoms with Crippen molar-refractivity contribution in [1.82, 2.24) is 14.5 Å². The van der Waals surface area contributed by atoms with Crippen molar-refractivity contribution < 1.29 is 9.53 Å². The Hall–Kier alpha value is -3.68. The smallest absolute Gasteiger partial charge is 0.302 e. The summed E-state index contributed by atoms with van der Waals surface area (Å²) in [6.07, 6.45) is 2.57. The molecule has 2 atom stereocenters. The second-order valence-corrected chi connectivity index (χ2v) is 9.08. The summed E-state index contributed by atoms with van der Waals surface area (Å²) in [6.45, 7) is 7.80. The minimum Gasteiger partial charge on any atom is -0.460 e. The summed E-state index contributed by atoms with van der Waals surface area (Å²) in [5, 5.41) is 3.44. The molecule has 0 fully saturated rings. The van der Waals surface area contributed by atoms with Crippen LogP contribution in [0.2, 0.25) is 0 Å². The van der Waals surface area contributed by atoms with Crippen molar-refractivity contribution in [3.63, 3.8) is 0 Å². The van der Waals surface area contributed by atoms with E-state index in [-0.39, 0.29) is 17.6 Å². The van der Waals surface area contributed by atoms with E-state index in [1.54, 1.807) is 10.8 Å². The Kier molecular flexibility index (Phi) is 6.91. The second kappa shape index (κ2) is 9.90. The van der Waals surface area contributed by atoms with Gasteiger partial charge in [0.2, 0.25) is 0 Å². The van der Waals surface area contributed by atoms with E-state index in [4.69, 9.17) is 9.72 Å². The lowest BCUT2D eigenvalue weighted by Gasteiger charge is -2.25. The molecular weight excluding hydrogens is 442 g/mol. The number of hydrogen-bond donors (Lipinski definition) is 1. The van der Waals surface area contributed by atoms with Crippen LogP contribution in [0.5, 0.6) is 0 Å². The number of hydrogen-bond acceptors (Lipinski definition) is 7. The molecule has 2 heterocycles. The highest BCUT2D eigenvalue weighted by molar-refractivity contribution is 5.67. The molecule has 184 valence electrons. The first kappa shape index (κ1) is 24.4. The third kappa shape index (κ3) is 4.65. The lowest BCUT2D eigenvalue weighted by Crippen LogP contribution is -2.33. The quantitative estimate of drug-likeness (QED) is 0.518. The number of ether oxygens (including phenoxy) is 1. The van der Waals surface area contributed by atoms with Gasteiger partial charge in [0.1, 0.15) is 23.4 Å². The van der Waals surface area contributed by atoms with Crippen molar-refractivity contribution in [1.29, 1.82) is 0 Å². The largest absolute Gasteiger partial charge is 0.460 e. The SMILES string of the molecule is CCc1nc(-c2cnc(N(C)C)cc2C)n(CC)c(=O)c1N[C@H]1c2ccccc2C[C@@H]1OC(C)=O. The van der Waals surface area contributed by atoms with Crippen LogP contribution in [0.25, 0.3) is 11.4 Å². The van der Waals surface area contributed by atoms with E-state index >= 15 is 0 Å². The van der Waals surface area contributed by atoms with E-state index in [2.05, 4.69) is 10.3 Å². The van der Waals surface area contributed by atoms with E-state index in [1.165, 1.54) is 6.92 Å². The molecule has 1 N–H and O–H groups in total. The van der Waals surface area contributed by atoms with Gasteiger partial charge >= 0.3 is 5.97 Å². The number of rotatable bonds is 7. The number of pyridine rings is 1. The van der Waals surface area contributed by atoms with Crippen LogP contribution < -0.4 is 15.8 Å². The average Bonchev–Trinajstić information content (AvgIpc) is 3.16. The predicted octanol–water partition coefficient (Wildman–Crippen LogP) is 3.90. The lowest BCUT2D eigenvalue weighted by atomic mass is 10.1. The minimum atomic E-state index is -0.395. The van der Waals surface area contributed by atoms with Crippen LogP contribution in [0.3, 0.4) is 0 Å². The average molecular weight is 476 g/mol. The second-order valence-electron chi connectivity index (χ2n) is 9.08. The molecule has 0 radical (unpaired) electrons. The van der Waals surface area contributed by atoms with Crippen LogP contribution in [-0.4, -0.2) is 40.7 Å². The zero-order valence-electron chi connectivity index (χ0n) is 21.3. The summed E-state index contributed by atoms with van der Waals surface area (Å²) in [5.41, 5.74) is 4.96. The van der Waals surface area contributed by atoms with E-state index in [1.807, 2.05) is 70.1 Å². The van der Waals surface area contributed by atoms with Crippen molar-refractivity contribution in [2.75, 3.05) is 24.3 Å². The summed E-state index contributed by atoms with van der Waals surface area (Å²) in [4.78, 5) is 37.1. The lowest BCUT2D eigenvalue weighted by molar-refractivity contribution is -0.146. The van der Waals surface area contributed by atoms with Gasteiger partial charge in [0.15, 0.2) is 0 Å². The van der Waals surface area contributed by atoms with Gasteiger partial charge < -0.3 is 15.0 Å². The molecule has 0 saturated heterocycles. The molecule has 1 aliphatic rings. The van der Waals surface area contributed by atoms with E-state index in [9.17, 15) is 9.59 Å². The van der Waals surface area contributed by atoms with E-state index in [0.29, 0.717) is 36.6 Å². The van der Waals surface area contributed by atoms with Gasteiger partial charge in [-0.1, -0.05) is 31.2 Å². The Bertz CT molecular complexity index is 1310. The first-order valence-corrected chi connectivity index (χ1v) is 12.0. The Morgan fingerprint density at radius 1 is 1.26 bits per heavy atom. The minimum absolute atomic E-state index is 0.142. The highest BCUT2D eigenvalue weighted by Crippen LogP contribution is 2.36. The van der Waals surface area contributed by atoms with Crippen LogP contribution in [0.15, 0.2) is 41.3 Å². The molecule has 0 spiro atoms. The zero-order valence-corrected chi connectivity index (χ0v) is 21.3. The topological polar surface area (TPSA) is 89.3 Å². The van der Waals surface area contributed by atoms with Gasteiger partial charge in [0, 0.05) is 45.7 Å². The van der Waals surface area contributed by atoms with Crippen molar-refractivity contribution in [2.45, 2.75) is 59.2 Å². The summed E-state index contributed by atoms with van der Waals surface area (Å²) >= 11 is 0. The summed E-state index contributed by atoms with van der Waals surface area (Å²) in [5.74, 6) is 1.12. The number of esters is 1. The Balaban J connectivity index is 1.81. The van der Waals surface area contributed by atoms with Gasteiger partial charge in [-0.05, 0) is 43.0 Å². The van der Waals surface area contributed by atoms with Gasteiger partial charge in [-0.15, -0.1) is 0 Å². The van der Waals surface area contributed by atoms with Gasteiger partial charge in [0.25, 0.3) is 5.56 Å². The molecule has 1 aromatic carbocycles. The first-order chi connectivity index (χ1) is 16.7. The highest BCUT2D eigenvalue weighted by Gasteiger charge is 2.36. The number of fused-ring (bicyclic) bond motifs is 1. The fourth-order valence-electron chi connectivity index (χ4n) is 4.73. The zero-order chi connectivity index (χ0) is 25.3. The molecule has 1 aliphatic carbocycles. The van der Waals surface area contributed by atoms with Crippen LogP contribution in [-0.2, 0) is 28.9 Å². The first-order valence-electron chi connectivity index (χ1n) is 12.0. The third-order valence-electron chi connectivity index (χ3n) is 6.49. The summed E-state index contributed by atoms with van der Waals surface area (Å²) in [6, 6.07) is 9.66. The van der Waals surface area contributed by atoms with Gasteiger partial charge in [-0.2, -0.15) is 0 Å². The number of nitrogens with one attached hydrogen (secondary N) is 1. The molecule has 0 saturated carbocycles. The normalized spacial score (nSPS) is 16.6. The van der Waals surface area contributed by atoms with Crippen molar-refractivity contribution in [3.8, 4) is 11.4 Å². The van der Waals surface area contributed by atoms with Crippen molar-refractivity contribution >= 4 is 17.5 Å². The molecule has 0 bridgehead atoms. The van der Waals surface area contributed by atoms with Crippen LogP contribution >= 0.6 is 0 Å². The molecule has 8 nitrogen and oxygen atoms in total. The number of aryl methyl sites for hydroxylation is 2. The number of benzene rings is 1. The number of nitrogens with zero attached hydrogens (tertiary/aromatic N) is 4. The standard InChI is InChI=1S/C27H33N5O3/c1-7-21-25(30-24-19-12-10-9-11-18(19)14-22(24)35-17(4)33)27(34)32(8-2)26(29-21)20-15-28-23(31(5)6)13-16(20)3/h9-13,15,22,24,30H,7-8,14H2,1-6H3/t22-,24-/m0/s1. The summed E-state index contributed by atoms with van der Waals surface area (Å²) < 4.78 is 7.33. The molecular formula is C27H33N5O3. The summed E-state index contributed by atoms with van der Waals surface area (Å²) in [7, 11) is 3.89. The maximum atomic E-state index is 13.8. The van der Waals surface area contributed by atoms with Gasteiger partial charge in [0.05, 0.1) is 11.7 Å². The fourth-order valence-corrected chi connectivity index (χ4v) is 4.73. The third-order valence-corrected chi connectivity index (χ3v) is 6.49. The molecule has 8 heteroatoms. The molecule has 0 aliphatic heterocycles. The van der Waals surface area contributed by atoms with Crippen molar-refractivity contribution in [2.24, 2.45) is 0 Å². The number of carbonyl (C=O) groups is 1. The molecule has 2 aromatic heterocycles. The molecule has 3 aromatic rings. The van der Waals surface area contributed by atoms with E-state index < -0.39 is 6.10 Å². The van der Waals surface area contributed by atoms with Crippen LogP contribution in [0, 0.1) is 6.92 Å². The van der Waals surface area contributed by atoms with Gasteiger partial charge in [-0.3, -0.25) is 14.2 Å². The predicted molar refractivity (Wildman–Crippen MR) is 138 cm³/mol. The number of anilines is 2. The van der Waals surface area contributed by atoms with Crippen molar-refractivity contribution in [3.05, 3.63) is 69.3 Å². The molecule has 0 unspecified atom stereocenters. The number of carbonyl (C=O) groups excluding carboxylic acids is 1. The maximum Gasteiger partial charge on any atom is 0.302 e. The molecule has 0 amide bonds. The van der Waals surface area contributed by atoms with Crippen LogP contribution in [0.4, 0.5) is 11.5 Å². The Labute approximate surface area is 206 Å². The fraction of sp³-hybridized carbons (Fsp3) is 0.407. The molecule has 4 rings (SSSR count). The van der Waals surface area contributed by atoms with E-state index in [0.717, 1.165) is 28.1 Å². The maximum absolute atomic E-state index is 13.8. The molecule has 35 heavy (non-hydrogen) atoms. The Morgan fingerprint density at radius 3 is 2.63 bits per heavy atom. The Morgan fingerprint density at radius 2 is 2.00 bits per heavy atom. The number of aromatic nitrogens is 3. The van der Waals surface area contributed by atoms with Crippen LogP contribution in [0.1, 0.15) is 49.2 Å². The monoisotopic (exact) mass is 475 g/mol.